The molecular formula is C17H20BrN3O3. The molecule has 6 nitrogen and oxygen atoms in total. The van der Waals surface area contributed by atoms with Crippen molar-refractivity contribution < 1.29 is 14.3 Å². The summed E-state index contributed by atoms with van der Waals surface area (Å²) in [6.07, 6.45) is -0.278. The summed E-state index contributed by atoms with van der Waals surface area (Å²) in [7, 11) is 1.52. The van der Waals surface area contributed by atoms with E-state index in [1.165, 1.54) is 7.05 Å². The Morgan fingerprint density at radius 1 is 1.25 bits per heavy atom. The van der Waals surface area contributed by atoms with Crippen LogP contribution in [0.5, 0.6) is 5.75 Å². The molecule has 0 spiro atoms. The van der Waals surface area contributed by atoms with Crippen LogP contribution in [0.2, 0.25) is 0 Å². The largest absolute Gasteiger partial charge is 0.484 e. The number of aromatic nitrogens is 1. The predicted molar refractivity (Wildman–Crippen MR) is 95.4 cm³/mol. The van der Waals surface area contributed by atoms with Crippen LogP contribution in [0.4, 0.5) is 0 Å². The third-order valence-corrected chi connectivity index (χ3v) is 3.99. The van der Waals surface area contributed by atoms with Crippen LogP contribution in [0.25, 0.3) is 0 Å². The summed E-state index contributed by atoms with van der Waals surface area (Å²) < 4.78 is 6.89. The Kier molecular flexibility index (Phi) is 6.03. The molecule has 0 aliphatic carbocycles. The highest BCUT2D eigenvalue weighted by atomic mass is 79.9. The number of carbonyl (C=O) groups is 2. The van der Waals surface area contributed by atoms with Gasteiger partial charge in [0.25, 0.3) is 11.8 Å². The van der Waals surface area contributed by atoms with E-state index in [0.29, 0.717) is 12.3 Å². The number of hydrogen-bond donors (Lipinski definition) is 3. The van der Waals surface area contributed by atoms with Crippen molar-refractivity contribution in [2.24, 2.45) is 0 Å². The summed E-state index contributed by atoms with van der Waals surface area (Å²) in [4.78, 5) is 26.8. The number of amides is 2. The van der Waals surface area contributed by atoms with Crippen LogP contribution in [0.3, 0.4) is 0 Å². The second-order valence-corrected chi connectivity index (χ2v) is 6.09. The molecule has 1 heterocycles. The fourth-order valence-electron chi connectivity index (χ4n) is 2.19. The van der Waals surface area contributed by atoms with Crippen molar-refractivity contribution in [3.63, 3.8) is 0 Å². The summed E-state index contributed by atoms with van der Waals surface area (Å²) >= 11 is 3.39. The zero-order valence-corrected chi connectivity index (χ0v) is 15.4. The molecule has 128 valence electrons. The lowest BCUT2D eigenvalue weighted by molar-refractivity contribution is 0.0951. The fourth-order valence-corrected chi connectivity index (χ4v) is 2.46. The first-order chi connectivity index (χ1) is 11.5. The molecule has 24 heavy (non-hydrogen) atoms. The Hall–Kier alpha value is -2.28. The normalized spacial score (nSPS) is 11.7. The summed E-state index contributed by atoms with van der Waals surface area (Å²) in [5.41, 5.74) is 1.47. The molecule has 1 atom stereocenters. The predicted octanol–water partition coefficient (Wildman–Crippen LogP) is 3.03. The monoisotopic (exact) mass is 393 g/mol. The first kappa shape index (κ1) is 18.1. The molecule has 0 radical (unpaired) electrons. The van der Waals surface area contributed by atoms with Crippen LogP contribution in [-0.4, -0.2) is 30.4 Å². The summed E-state index contributed by atoms with van der Waals surface area (Å²) in [6.45, 7) is 4.21. The first-order valence-corrected chi connectivity index (χ1v) is 8.41. The molecule has 1 aromatic carbocycles. The number of H-pyrrole nitrogens is 1. The second-order valence-electron chi connectivity index (χ2n) is 5.17. The van der Waals surface area contributed by atoms with Gasteiger partial charge in [-0.15, -0.1) is 0 Å². The lowest BCUT2D eigenvalue weighted by Gasteiger charge is -2.15. The summed E-state index contributed by atoms with van der Waals surface area (Å²) in [6, 6.07) is 9.26. The van der Waals surface area contributed by atoms with E-state index in [9.17, 15) is 9.59 Å². The third-order valence-electron chi connectivity index (χ3n) is 3.46. The van der Waals surface area contributed by atoms with E-state index in [0.717, 1.165) is 10.0 Å². The number of ether oxygens (including phenoxy) is 1. The van der Waals surface area contributed by atoms with Gasteiger partial charge < -0.3 is 20.4 Å². The molecule has 2 aromatic rings. The van der Waals surface area contributed by atoms with Gasteiger partial charge in [0.1, 0.15) is 17.5 Å². The molecule has 0 saturated heterocycles. The van der Waals surface area contributed by atoms with Gasteiger partial charge in [0.15, 0.2) is 5.75 Å². The van der Waals surface area contributed by atoms with Crippen LogP contribution in [0.15, 0.2) is 34.8 Å². The molecule has 0 aliphatic heterocycles. The van der Waals surface area contributed by atoms with E-state index in [-0.39, 0.29) is 29.3 Å². The van der Waals surface area contributed by atoms with Crippen LogP contribution in [-0.2, 0) is 0 Å². The standard InChI is InChI=1S/C17H20BrN3O3/c1-4-20-16(22)13-9-14(15(21-13)17(23)19-3)24-10(2)11-5-7-12(18)8-6-11/h5-10,21H,4H2,1-3H3,(H,19,23)(H,20,22). The molecule has 0 bridgehead atoms. The van der Waals surface area contributed by atoms with Crippen molar-refractivity contribution in [1.29, 1.82) is 0 Å². The summed E-state index contributed by atoms with van der Waals surface area (Å²) in [5.74, 6) is -0.289. The van der Waals surface area contributed by atoms with E-state index in [2.05, 4.69) is 31.5 Å². The molecule has 2 amide bonds. The third kappa shape index (κ3) is 4.17. The molecule has 0 aliphatic rings. The molecule has 0 fully saturated rings. The number of halogens is 1. The maximum absolute atomic E-state index is 12.0. The molecule has 3 N–H and O–H groups in total. The molecular weight excluding hydrogens is 374 g/mol. The average Bonchev–Trinajstić information content (AvgIpc) is 2.99. The Balaban J connectivity index is 2.28. The minimum atomic E-state index is -0.344. The quantitative estimate of drug-likeness (QED) is 0.705. The van der Waals surface area contributed by atoms with E-state index >= 15 is 0 Å². The Bertz CT molecular complexity index is 725. The number of rotatable bonds is 6. The van der Waals surface area contributed by atoms with Gasteiger partial charge in [-0.2, -0.15) is 0 Å². The van der Waals surface area contributed by atoms with Gasteiger partial charge in [-0.25, -0.2) is 0 Å². The lowest BCUT2D eigenvalue weighted by Crippen LogP contribution is -2.23. The van der Waals surface area contributed by atoms with Crippen molar-refractivity contribution in [3.05, 3.63) is 51.8 Å². The number of carbonyl (C=O) groups excluding carboxylic acids is 2. The smallest absolute Gasteiger partial charge is 0.271 e. The average molecular weight is 394 g/mol. The minimum Gasteiger partial charge on any atom is -0.484 e. The van der Waals surface area contributed by atoms with Gasteiger partial charge in [0.05, 0.1) is 0 Å². The van der Waals surface area contributed by atoms with E-state index < -0.39 is 0 Å². The van der Waals surface area contributed by atoms with Crippen LogP contribution >= 0.6 is 15.9 Å². The van der Waals surface area contributed by atoms with Gasteiger partial charge in [-0.05, 0) is 31.5 Å². The van der Waals surface area contributed by atoms with Gasteiger partial charge in [0, 0.05) is 24.1 Å². The van der Waals surface area contributed by atoms with Crippen LogP contribution in [0, 0.1) is 0 Å². The van der Waals surface area contributed by atoms with Crippen molar-refractivity contribution in [1.82, 2.24) is 15.6 Å². The summed E-state index contributed by atoms with van der Waals surface area (Å²) in [5, 5.41) is 5.23. The van der Waals surface area contributed by atoms with Crippen molar-refractivity contribution >= 4 is 27.7 Å². The van der Waals surface area contributed by atoms with Gasteiger partial charge in [-0.3, -0.25) is 9.59 Å². The van der Waals surface area contributed by atoms with E-state index in [4.69, 9.17) is 4.74 Å². The Labute approximate surface area is 149 Å². The number of hydrogen-bond acceptors (Lipinski definition) is 3. The first-order valence-electron chi connectivity index (χ1n) is 7.61. The zero-order valence-electron chi connectivity index (χ0n) is 13.8. The molecule has 2 rings (SSSR count). The van der Waals surface area contributed by atoms with Crippen LogP contribution in [0.1, 0.15) is 46.5 Å². The highest BCUT2D eigenvalue weighted by Gasteiger charge is 2.21. The van der Waals surface area contributed by atoms with E-state index in [1.807, 2.05) is 38.1 Å². The second kappa shape index (κ2) is 8.01. The maximum atomic E-state index is 12.0. The highest BCUT2D eigenvalue weighted by Crippen LogP contribution is 2.27. The molecule has 1 unspecified atom stereocenters. The number of nitrogens with one attached hydrogen (secondary N) is 3. The fraction of sp³-hybridized carbons (Fsp3) is 0.294. The lowest BCUT2D eigenvalue weighted by atomic mass is 10.1. The Morgan fingerprint density at radius 2 is 1.92 bits per heavy atom. The van der Waals surface area contributed by atoms with Crippen molar-refractivity contribution in [3.8, 4) is 5.75 Å². The molecule has 1 aromatic heterocycles. The highest BCUT2D eigenvalue weighted by molar-refractivity contribution is 9.10. The van der Waals surface area contributed by atoms with E-state index in [1.54, 1.807) is 6.07 Å². The Morgan fingerprint density at radius 3 is 2.50 bits per heavy atom. The number of benzene rings is 1. The molecule has 0 saturated carbocycles. The van der Waals surface area contributed by atoms with Crippen LogP contribution < -0.4 is 15.4 Å². The SMILES string of the molecule is CCNC(=O)c1cc(OC(C)c2ccc(Br)cc2)c(C(=O)NC)[nH]1. The van der Waals surface area contributed by atoms with Gasteiger partial charge in [0.2, 0.25) is 0 Å². The molecule has 7 heteroatoms. The van der Waals surface area contributed by atoms with Gasteiger partial charge >= 0.3 is 0 Å². The maximum Gasteiger partial charge on any atom is 0.271 e. The van der Waals surface area contributed by atoms with Gasteiger partial charge in [-0.1, -0.05) is 28.1 Å². The zero-order chi connectivity index (χ0) is 17.7. The van der Waals surface area contributed by atoms with Crippen molar-refractivity contribution in [2.75, 3.05) is 13.6 Å². The topological polar surface area (TPSA) is 83.2 Å². The van der Waals surface area contributed by atoms with Crippen molar-refractivity contribution in [2.45, 2.75) is 20.0 Å². The minimum absolute atomic E-state index is 0.225. The number of aromatic amines is 1.